The third-order valence-electron chi connectivity index (χ3n) is 3.52. The van der Waals surface area contributed by atoms with Crippen molar-refractivity contribution < 1.29 is 4.79 Å². The Balaban J connectivity index is 0.00000242. The lowest BCUT2D eigenvalue weighted by Crippen LogP contribution is -2.54. The maximum Gasteiger partial charge on any atom is 0.225 e. The summed E-state index contributed by atoms with van der Waals surface area (Å²) in [6.07, 6.45) is 0.432. The first-order chi connectivity index (χ1) is 9.95. The van der Waals surface area contributed by atoms with E-state index in [1.165, 1.54) is 0 Å². The SMILES string of the molecule is CC1CN(CCC(=O)Nc2c(Cl)cccc2Cl)CC(C)N1.Cl. The summed E-state index contributed by atoms with van der Waals surface area (Å²) in [4.78, 5) is 14.4. The molecule has 124 valence electrons. The van der Waals surface area contributed by atoms with Gasteiger partial charge in [0.15, 0.2) is 0 Å². The summed E-state index contributed by atoms with van der Waals surface area (Å²) in [5.41, 5.74) is 0.493. The van der Waals surface area contributed by atoms with E-state index >= 15 is 0 Å². The molecule has 0 spiro atoms. The minimum absolute atomic E-state index is 0. The Hall–Kier alpha value is -0.520. The van der Waals surface area contributed by atoms with Crippen LogP contribution in [0.25, 0.3) is 0 Å². The summed E-state index contributed by atoms with van der Waals surface area (Å²) in [5.74, 6) is -0.0659. The molecule has 7 heteroatoms. The number of carbonyl (C=O) groups excluding carboxylic acids is 1. The normalized spacial score (nSPS) is 22.0. The number of amides is 1. The quantitative estimate of drug-likeness (QED) is 0.858. The Morgan fingerprint density at radius 1 is 1.27 bits per heavy atom. The van der Waals surface area contributed by atoms with Crippen molar-refractivity contribution in [2.45, 2.75) is 32.4 Å². The number of carbonyl (C=O) groups is 1. The van der Waals surface area contributed by atoms with Crippen LogP contribution in [-0.2, 0) is 4.79 Å². The zero-order valence-corrected chi connectivity index (χ0v) is 15.1. The van der Waals surface area contributed by atoms with E-state index < -0.39 is 0 Å². The summed E-state index contributed by atoms with van der Waals surface area (Å²) in [6.45, 7) is 6.98. The van der Waals surface area contributed by atoms with Gasteiger partial charge in [-0.15, -0.1) is 12.4 Å². The average molecular weight is 367 g/mol. The van der Waals surface area contributed by atoms with Crippen LogP contribution >= 0.6 is 35.6 Å². The maximum atomic E-state index is 12.1. The van der Waals surface area contributed by atoms with Crippen LogP contribution in [0.4, 0.5) is 5.69 Å². The lowest BCUT2D eigenvalue weighted by Gasteiger charge is -2.36. The van der Waals surface area contributed by atoms with E-state index in [2.05, 4.69) is 29.4 Å². The molecule has 0 aliphatic carbocycles. The first-order valence-electron chi connectivity index (χ1n) is 7.18. The monoisotopic (exact) mass is 365 g/mol. The third kappa shape index (κ3) is 5.60. The van der Waals surface area contributed by atoms with Crippen molar-refractivity contribution in [3.8, 4) is 0 Å². The number of nitrogens with one attached hydrogen (secondary N) is 2. The lowest BCUT2D eigenvalue weighted by atomic mass is 10.1. The topological polar surface area (TPSA) is 44.4 Å². The Morgan fingerprint density at radius 3 is 2.36 bits per heavy atom. The van der Waals surface area contributed by atoms with Crippen LogP contribution in [-0.4, -0.2) is 42.5 Å². The van der Waals surface area contributed by atoms with Crippen molar-refractivity contribution >= 4 is 47.2 Å². The molecule has 1 heterocycles. The Labute approximate surface area is 147 Å². The second-order valence-corrected chi connectivity index (χ2v) is 6.44. The number of hydrogen-bond acceptors (Lipinski definition) is 3. The predicted octanol–water partition coefficient (Wildman–Crippen LogP) is 3.43. The highest BCUT2D eigenvalue weighted by molar-refractivity contribution is 6.39. The molecule has 0 radical (unpaired) electrons. The Kier molecular flexibility index (Phi) is 7.94. The smallest absolute Gasteiger partial charge is 0.225 e. The highest BCUT2D eigenvalue weighted by atomic mass is 35.5. The Bertz CT molecular complexity index is 483. The molecule has 2 unspecified atom stereocenters. The molecular formula is C15H22Cl3N3O. The summed E-state index contributed by atoms with van der Waals surface area (Å²) >= 11 is 12.1. The summed E-state index contributed by atoms with van der Waals surface area (Å²) in [7, 11) is 0. The van der Waals surface area contributed by atoms with E-state index in [0.29, 0.717) is 34.2 Å². The molecular weight excluding hydrogens is 345 g/mol. The van der Waals surface area contributed by atoms with Crippen LogP contribution in [0.2, 0.25) is 10.0 Å². The third-order valence-corrected chi connectivity index (χ3v) is 4.15. The molecule has 1 aromatic carbocycles. The molecule has 1 aliphatic rings. The van der Waals surface area contributed by atoms with Gasteiger partial charge >= 0.3 is 0 Å². The van der Waals surface area contributed by atoms with Gasteiger partial charge in [-0.05, 0) is 26.0 Å². The van der Waals surface area contributed by atoms with Gasteiger partial charge in [-0.3, -0.25) is 9.69 Å². The van der Waals surface area contributed by atoms with Gasteiger partial charge in [-0.1, -0.05) is 29.3 Å². The van der Waals surface area contributed by atoms with Crippen LogP contribution in [0, 0.1) is 0 Å². The number of nitrogens with zero attached hydrogens (tertiary/aromatic N) is 1. The van der Waals surface area contributed by atoms with Gasteiger partial charge in [0.1, 0.15) is 0 Å². The summed E-state index contributed by atoms with van der Waals surface area (Å²) in [6, 6.07) is 6.08. The van der Waals surface area contributed by atoms with Crippen molar-refractivity contribution in [3.63, 3.8) is 0 Å². The van der Waals surface area contributed by atoms with E-state index in [1.54, 1.807) is 18.2 Å². The van der Waals surface area contributed by atoms with E-state index in [4.69, 9.17) is 23.2 Å². The second-order valence-electron chi connectivity index (χ2n) is 5.62. The van der Waals surface area contributed by atoms with Crippen molar-refractivity contribution in [2.24, 2.45) is 0 Å². The van der Waals surface area contributed by atoms with Crippen molar-refractivity contribution in [2.75, 3.05) is 25.0 Å². The molecule has 22 heavy (non-hydrogen) atoms. The lowest BCUT2D eigenvalue weighted by molar-refractivity contribution is -0.116. The minimum Gasteiger partial charge on any atom is -0.324 e. The van der Waals surface area contributed by atoms with Gasteiger partial charge in [-0.25, -0.2) is 0 Å². The largest absolute Gasteiger partial charge is 0.324 e. The number of rotatable bonds is 4. The van der Waals surface area contributed by atoms with Gasteiger partial charge in [-0.2, -0.15) is 0 Å². The molecule has 2 atom stereocenters. The minimum atomic E-state index is -0.0659. The van der Waals surface area contributed by atoms with Crippen molar-refractivity contribution in [1.29, 1.82) is 0 Å². The fourth-order valence-electron chi connectivity index (χ4n) is 2.70. The number of anilines is 1. The number of piperazine rings is 1. The first-order valence-corrected chi connectivity index (χ1v) is 7.93. The molecule has 2 rings (SSSR count). The van der Waals surface area contributed by atoms with E-state index in [-0.39, 0.29) is 18.3 Å². The van der Waals surface area contributed by atoms with E-state index in [9.17, 15) is 4.79 Å². The molecule has 0 saturated carbocycles. The van der Waals surface area contributed by atoms with Gasteiger partial charge in [0.05, 0.1) is 15.7 Å². The van der Waals surface area contributed by atoms with Gasteiger partial charge in [0.2, 0.25) is 5.91 Å². The molecule has 1 aromatic rings. The number of para-hydroxylation sites is 1. The number of benzene rings is 1. The summed E-state index contributed by atoms with van der Waals surface area (Å²) in [5, 5.41) is 7.19. The fourth-order valence-corrected chi connectivity index (χ4v) is 3.19. The van der Waals surface area contributed by atoms with Crippen LogP contribution < -0.4 is 10.6 Å². The predicted molar refractivity (Wildman–Crippen MR) is 95.5 cm³/mol. The zero-order valence-electron chi connectivity index (χ0n) is 12.7. The van der Waals surface area contributed by atoms with Gasteiger partial charge < -0.3 is 10.6 Å². The van der Waals surface area contributed by atoms with Crippen molar-refractivity contribution in [1.82, 2.24) is 10.2 Å². The molecule has 1 amide bonds. The van der Waals surface area contributed by atoms with Crippen LogP contribution in [0.3, 0.4) is 0 Å². The first kappa shape index (κ1) is 19.5. The van der Waals surface area contributed by atoms with Gasteiger partial charge in [0, 0.05) is 38.1 Å². The molecule has 2 N–H and O–H groups in total. The molecule has 0 aromatic heterocycles. The van der Waals surface area contributed by atoms with Crippen molar-refractivity contribution in [3.05, 3.63) is 28.2 Å². The van der Waals surface area contributed by atoms with Crippen LogP contribution in [0.5, 0.6) is 0 Å². The average Bonchev–Trinajstić information content (AvgIpc) is 2.40. The van der Waals surface area contributed by atoms with Crippen LogP contribution in [0.1, 0.15) is 20.3 Å². The van der Waals surface area contributed by atoms with E-state index in [1.807, 2.05) is 0 Å². The molecule has 1 aliphatic heterocycles. The fraction of sp³-hybridized carbons (Fsp3) is 0.533. The molecule has 1 saturated heterocycles. The molecule has 1 fully saturated rings. The maximum absolute atomic E-state index is 12.1. The highest BCUT2D eigenvalue weighted by Gasteiger charge is 2.21. The summed E-state index contributed by atoms with van der Waals surface area (Å²) < 4.78 is 0. The van der Waals surface area contributed by atoms with E-state index in [0.717, 1.165) is 19.6 Å². The molecule has 0 bridgehead atoms. The van der Waals surface area contributed by atoms with Gasteiger partial charge in [0.25, 0.3) is 0 Å². The highest BCUT2D eigenvalue weighted by Crippen LogP contribution is 2.29. The number of hydrogen-bond donors (Lipinski definition) is 2. The number of halogens is 3. The molecule has 4 nitrogen and oxygen atoms in total. The second kappa shape index (κ2) is 8.94. The zero-order chi connectivity index (χ0) is 15.4. The Morgan fingerprint density at radius 2 is 1.82 bits per heavy atom. The standard InChI is InChI=1S/C15H21Cl2N3O.ClH/c1-10-8-20(9-11(2)18-10)7-6-14(21)19-15-12(16)4-3-5-13(15)17;/h3-5,10-11,18H,6-9H2,1-2H3,(H,19,21);1H. The van der Waals surface area contributed by atoms with Crippen LogP contribution in [0.15, 0.2) is 18.2 Å².